The predicted octanol–water partition coefficient (Wildman–Crippen LogP) is 3.30. The van der Waals surface area contributed by atoms with E-state index in [1.807, 2.05) is 18.2 Å². The molecular weight excluding hydrogens is 272 g/mol. The largest absolute Gasteiger partial charge is 0.466 e. The van der Waals surface area contributed by atoms with Gasteiger partial charge in [-0.25, -0.2) is 0 Å². The van der Waals surface area contributed by atoms with Crippen molar-refractivity contribution in [1.29, 1.82) is 0 Å². The number of fused-ring (bicyclic) bond motifs is 1. The molecule has 0 unspecified atom stereocenters. The van der Waals surface area contributed by atoms with Crippen LogP contribution in [0.3, 0.4) is 0 Å². The van der Waals surface area contributed by atoms with E-state index >= 15 is 0 Å². The lowest BCUT2D eigenvalue weighted by molar-refractivity contribution is -0.142. The van der Waals surface area contributed by atoms with Gasteiger partial charge in [-0.1, -0.05) is 15.9 Å². The minimum atomic E-state index is -0.229. The topological polar surface area (TPSA) is 39.4 Å². The van der Waals surface area contributed by atoms with Crippen molar-refractivity contribution in [3.8, 4) is 0 Å². The van der Waals surface area contributed by atoms with E-state index in [9.17, 15) is 4.79 Å². The zero-order valence-electron chi connectivity index (χ0n) is 8.83. The number of hydrogen-bond acceptors (Lipinski definition) is 3. The summed E-state index contributed by atoms with van der Waals surface area (Å²) >= 11 is 3.37. The summed E-state index contributed by atoms with van der Waals surface area (Å²) in [6, 6.07) is 5.73. The van der Waals surface area contributed by atoms with Crippen molar-refractivity contribution in [2.24, 2.45) is 0 Å². The second kappa shape index (κ2) is 4.70. The van der Waals surface area contributed by atoms with Gasteiger partial charge in [0.1, 0.15) is 5.58 Å². The van der Waals surface area contributed by atoms with E-state index in [2.05, 4.69) is 15.9 Å². The summed E-state index contributed by atoms with van der Waals surface area (Å²) in [5.74, 6) is -0.229. The molecule has 0 N–H and O–H groups in total. The van der Waals surface area contributed by atoms with E-state index in [0.717, 1.165) is 21.0 Å². The molecule has 0 radical (unpaired) electrons. The van der Waals surface area contributed by atoms with E-state index < -0.39 is 0 Å². The van der Waals surface area contributed by atoms with Gasteiger partial charge in [-0.2, -0.15) is 0 Å². The number of esters is 1. The van der Waals surface area contributed by atoms with Crippen LogP contribution < -0.4 is 0 Å². The highest BCUT2D eigenvalue weighted by atomic mass is 79.9. The van der Waals surface area contributed by atoms with Crippen LogP contribution in [-0.4, -0.2) is 12.6 Å². The number of furan rings is 1. The maximum Gasteiger partial charge on any atom is 0.310 e. The minimum Gasteiger partial charge on any atom is -0.466 e. The van der Waals surface area contributed by atoms with Crippen LogP contribution in [0.2, 0.25) is 0 Å². The monoisotopic (exact) mass is 282 g/mol. The van der Waals surface area contributed by atoms with Gasteiger partial charge < -0.3 is 9.15 Å². The lowest BCUT2D eigenvalue weighted by Crippen LogP contribution is -2.06. The van der Waals surface area contributed by atoms with Gasteiger partial charge in [0, 0.05) is 15.4 Å². The Bertz CT molecular complexity index is 516. The van der Waals surface area contributed by atoms with Crippen molar-refractivity contribution in [2.45, 2.75) is 13.3 Å². The van der Waals surface area contributed by atoms with Crippen LogP contribution in [0.25, 0.3) is 11.0 Å². The number of hydrogen-bond donors (Lipinski definition) is 0. The molecule has 0 aliphatic heterocycles. The van der Waals surface area contributed by atoms with Gasteiger partial charge in [0.2, 0.25) is 0 Å². The first kappa shape index (κ1) is 11.2. The predicted molar refractivity (Wildman–Crippen MR) is 64.3 cm³/mol. The summed E-state index contributed by atoms with van der Waals surface area (Å²) < 4.78 is 11.2. The first-order valence-electron chi connectivity index (χ1n) is 5.02. The fraction of sp³-hybridized carbons (Fsp3) is 0.250. The standard InChI is InChI=1S/C12H11BrO3/c1-2-15-12(14)5-8-7-16-11-6-9(13)3-4-10(8)11/h3-4,6-7H,2,5H2,1H3. The van der Waals surface area contributed by atoms with Crippen LogP contribution in [0.15, 0.2) is 33.4 Å². The Morgan fingerprint density at radius 2 is 2.31 bits per heavy atom. The third-order valence-electron chi connectivity index (χ3n) is 2.26. The zero-order valence-corrected chi connectivity index (χ0v) is 10.4. The highest BCUT2D eigenvalue weighted by Crippen LogP contribution is 2.25. The van der Waals surface area contributed by atoms with Gasteiger partial charge in [-0.3, -0.25) is 4.79 Å². The second-order valence-electron chi connectivity index (χ2n) is 3.38. The molecule has 2 rings (SSSR count). The molecule has 2 aromatic rings. The number of halogens is 1. The SMILES string of the molecule is CCOC(=O)Cc1coc2cc(Br)ccc12. The van der Waals surface area contributed by atoms with Crippen molar-refractivity contribution < 1.29 is 13.9 Å². The molecule has 1 aromatic heterocycles. The summed E-state index contributed by atoms with van der Waals surface area (Å²) in [7, 11) is 0. The Labute approximate surface area is 102 Å². The van der Waals surface area contributed by atoms with E-state index in [1.54, 1.807) is 13.2 Å². The maximum absolute atomic E-state index is 11.3. The summed E-state index contributed by atoms with van der Waals surface area (Å²) in [5.41, 5.74) is 1.63. The molecular formula is C12H11BrO3. The number of carbonyl (C=O) groups excluding carboxylic acids is 1. The lowest BCUT2D eigenvalue weighted by atomic mass is 10.1. The minimum absolute atomic E-state index is 0.229. The van der Waals surface area contributed by atoms with Crippen LogP contribution in [0.1, 0.15) is 12.5 Å². The Kier molecular flexibility index (Phi) is 3.29. The van der Waals surface area contributed by atoms with Crippen LogP contribution in [-0.2, 0) is 16.0 Å². The Morgan fingerprint density at radius 1 is 1.50 bits per heavy atom. The summed E-state index contributed by atoms with van der Waals surface area (Å²) in [5, 5.41) is 0.955. The molecule has 0 bridgehead atoms. The summed E-state index contributed by atoms with van der Waals surface area (Å²) in [4.78, 5) is 11.3. The van der Waals surface area contributed by atoms with Crippen molar-refractivity contribution >= 4 is 32.9 Å². The molecule has 1 aromatic carbocycles. The second-order valence-corrected chi connectivity index (χ2v) is 4.30. The van der Waals surface area contributed by atoms with Crippen molar-refractivity contribution in [1.82, 2.24) is 0 Å². The number of carbonyl (C=O) groups is 1. The maximum atomic E-state index is 11.3. The number of ether oxygens (including phenoxy) is 1. The van der Waals surface area contributed by atoms with E-state index in [4.69, 9.17) is 9.15 Å². The van der Waals surface area contributed by atoms with Gasteiger partial charge >= 0.3 is 5.97 Å². The molecule has 0 fully saturated rings. The first-order chi connectivity index (χ1) is 7.70. The summed E-state index contributed by atoms with van der Waals surface area (Å²) in [6.07, 6.45) is 1.86. The van der Waals surface area contributed by atoms with E-state index in [0.29, 0.717) is 6.61 Å². The van der Waals surface area contributed by atoms with Gasteiger partial charge in [-0.15, -0.1) is 0 Å². The summed E-state index contributed by atoms with van der Waals surface area (Å²) in [6.45, 7) is 2.20. The van der Waals surface area contributed by atoms with Crippen molar-refractivity contribution in [3.05, 3.63) is 34.5 Å². The quantitative estimate of drug-likeness (QED) is 0.811. The van der Waals surface area contributed by atoms with Gasteiger partial charge in [0.05, 0.1) is 19.3 Å². The molecule has 0 aliphatic carbocycles. The average Bonchev–Trinajstić information content (AvgIpc) is 2.61. The molecule has 3 nitrogen and oxygen atoms in total. The van der Waals surface area contributed by atoms with Crippen LogP contribution >= 0.6 is 15.9 Å². The van der Waals surface area contributed by atoms with E-state index in [1.165, 1.54) is 0 Å². The highest BCUT2D eigenvalue weighted by molar-refractivity contribution is 9.10. The van der Waals surface area contributed by atoms with Gasteiger partial charge in [-0.05, 0) is 25.1 Å². The van der Waals surface area contributed by atoms with Crippen LogP contribution in [0, 0.1) is 0 Å². The van der Waals surface area contributed by atoms with Crippen molar-refractivity contribution in [2.75, 3.05) is 6.61 Å². The third kappa shape index (κ3) is 2.27. The molecule has 0 aliphatic rings. The molecule has 1 heterocycles. The molecule has 0 amide bonds. The van der Waals surface area contributed by atoms with Gasteiger partial charge in [0.25, 0.3) is 0 Å². The number of rotatable bonds is 3. The molecule has 0 saturated heterocycles. The van der Waals surface area contributed by atoms with Crippen LogP contribution in [0.5, 0.6) is 0 Å². The fourth-order valence-corrected chi connectivity index (χ4v) is 1.90. The van der Waals surface area contributed by atoms with Gasteiger partial charge in [0.15, 0.2) is 0 Å². The fourth-order valence-electron chi connectivity index (χ4n) is 1.56. The molecule has 16 heavy (non-hydrogen) atoms. The molecule has 0 spiro atoms. The van der Waals surface area contributed by atoms with Crippen LogP contribution in [0.4, 0.5) is 0 Å². The third-order valence-corrected chi connectivity index (χ3v) is 2.75. The normalized spacial score (nSPS) is 10.6. The zero-order chi connectivity index (χ0) is 11.5. The molecule has 0 saturated carbocycles. The number of benzene rings is 1. The lowest BCUT2D eigenvalue weighted by Gasteiger charge is -1.99. The molecule has 4 heteroatoms. The Morgan fingerprint density at radius 3 is 3.06 bits per heavy atom. The molecule has 0 atom stereocenters. The highest BCUT2D eigenvalue weighted by Gasteiger charge is 2.10. The average molecular weight is 283 g/mol. The smallest absolute Gasteiger partial charge is 0.310 e. The first-order valence-corrected chi connectivity index (χ1v) is 5.81. The Hall–Kier alpha value is -1.29. The van der Waals surface area contributed by atoms with Crippen molar-refractivity contribution in [3.63, 3.8) is 0 Å². The van der Waals surface area contributed by atoms with E-state index in [-0.39, 0.29) is 12.4 Å². The molecule has 84 valence electrons. The Balaban J connectivity index is 2.28.